The Morgan fingerprint density at radius 1 is 1.07 bits per heavy atom. The molecule has 3 aromatic rings. The third kappa shape index (κ3) is 7.39. The van der Waals surface area contributed by atoms with Crippen molar-refractivity contribution >= 4 is 42.8 Å². The van der Waals surface area contributed by atoms with Gasteiger partial charge in [0.25, 0.3) is 5.91 Å². The van der Waals surface area contributed by atoms with Crippen molar-refractivity contribution in [3.05, 3.63) is 36.3 Å². The molecule has 0 saturated carbocycles. The Bertz CT molecular complexity index is 1470. The van der Waals surface area contributed by atoms with Gasteiger partial charge in [0, 0.05) is 50.5 Å². The molecular formula is C23H24FN6O9PY-2. The third-order valence-electron chi connectivity index (χ3n) is 5.48. The topological polar surface area (TPSA) is 192 Å². The van der Waals surface area contributed by atoms with Crippen molar-refractivity contribution in [3.8, 4) is 23.0 Å². The number of amides is 1. The summed E-state index contributed by atoms with van der Waals surface area (Å²) < 4.78 is 51.6. The zero-order valence-electron chi connectivity index (χ0n) is 22.5. The minimum Gasteiger partial charge on any atom is -0.790 e. The van der Waals surface area contributed by atoms with Gasteiger partial charge in [-0.1, -0.05) is 0 Å². The Labute approximate surface area is 258 Å². The number of hydrogen-bond donors (Lipinski definition) is 2. The van der Waals surface area contributed by atoms with Gasteiger partial charge in [-0.15, -0.1) is 0 Å². The minimum absolute atomic E-state index is 0. The summed E-state index contributed by atoms with van der Waals surface area (Å²) in [6, 6.07) is 6.05. The number of ether oxygens (including phenoxy) is 4. The first kappa shape index (κ1) is 32.4. The van der Waals surface area contributed by atoms with E-state index in [0.717, 1.165) is 11.1 Å². The SMILES string of the molecule is COc1cc(Nc2ncc(F)c(Nc3ccc4c(n3)N(COP(=O)([O-])[O-])C(=O)C(C)(C)O4)n2)cc(OC)c1OC.[Y]. The first-order valence-corrected chi connectivity index (χ1v) is 12.9. The summed E-state index contributed by atoms with van der Waals surface area (Å²) in [5.41, 5.74) is -0.962. The van der Waals surface area contributed by atoms with Crippen LogP contribution >= 0.6 is 7.82 Å². The fourth-order valence-electron chi connectivity index (χ4n) is 3.68. The van der Waals surface area contributed by atoms with Crippen molar-refractivity contribution in [1.29, 1.82) is 0 Å². The van der Waals surface area contributed by atoms with Crippen molar-refractivity contribution in [1.82, 2.24) is 15.0 Å². The van der Waals surface area contributed by atoms with Gasteiger partial charge in [-0.3, -0.25) is 9.69 Å². The number of pyridine rings is 1. The summed E-state index contributed by atoms with van der Waals surface area (Å²) in [4.78, 5) is 48.1. The maximum absolute atomic E-state index is 14.7. The molecule has 0 atom stereocenters. The van der Waals surface area contributed by atoms with Gasteiger partial charge >= 0.3 is 0 Å². The molecule has 18 heteroatoms. The zero-order valence-corrected chi connectivity index (χ0v) is 26.2. The fourth-order valence-corrected chi connectivity index (χ4v) is 3.94. The number of carbonyl (C=O) groups is 1. The number of methoxy groups -OCH3 is 3. The molecular weight excluding hydrogens is 643 g/mol. The van der Waals surface area contributed by atoms with Gasteiger partial charge in [-0.25, -0.2) is 14.4 Å². The van der Waals surface area contributed by atoms with E-state index in [4.69, 9.17) is 18.9 Å². The number of phosphoric ester groups is 1. The molecule has 1 aliphatic heterocycles. The van der Waals surface area contributed by atoms with Crippen LogP contribution < -0.4 is 44.3 Å². The monoisotopic (exact) mass is 667 g/mol. The van der Waals surface area contributed by atoms with Gasteiger partial charge in [-0.05, 0) is 26.0 Å². The molecule has 41 heavy (non-hydrogen) atoms. The predicted octanol–water partition coefficient (Wildman–Crippen LogP) is 1.83. The number of halogens is 1. The normalized spacial score (nSPS) is 13.9. The number of nitrogens with one attached hydrogen (secondary N) is 2. The Balaban J connectivity index is 0.00000462. The number of phosphoric acid groups is 1. The van der Waals surface area contributed by atoms with E-state index in [-0.39, 0.29) is 61.9 Å². The summed E-state index contributed by atoms with van der Waals surface area (Å²) in [6.07, 6.45) is 0.920. The van der Waals surface area contributed by atoms with Crippen LogP contribution in [0, 0.1) is 5.82 Å². The molecule has 2 N–H and O–H groups in total. The van der Waals surface area contributed by atoms with Gasteiger partial charge in [0.05, 0.1) is 35.3 Å². The second-order valence-corrected chi connectivity index (χ2v) is 9.78. The van der Waals surface area contributed by atoms with E-state index < -0.39 is 31.9 Å². The average Bonchev–Trinajstić information content (AvgIpc) is 2.89. The van der Waals surface area contributed by atoms with E-state index in [1.54, 1.807) is 12.1 Å². The Kier molecular flexibility index (Phi) is 10.1. The smallest absolute Gasteiger partial charge is 0.273 e. The van der Waals surface area contributed by atoms with E-state index in [9.17, 15) is 23.5 Å². The molecule has 0 bridgehead atoms. The molecule has 0 saturated heterocycles. The Hall–Kier alpha value is -3.14. The van der Waals surface area contributed by atoms with Gasteiger partial charge < -0.3 is 48.5 Å². The van der Waals surface area contributed by atoms with Crippen LogP contribution in [0.2, 0.25) is 0 Å². The van der Waals surface area contributed by atoms with Crippen molar-refractivity contribution in [2.24, 2.45) is 0 Å². The maximum Gasteiger partial charge on any atom is 0.273 e. The molecule has 2 aromatic heterocycles. The Morgan fingerprint density at radius 3 is 2.32 bits per heavy atom. The molecule has 0 fully saturated rings. The van der Waals surface area contributed by atoms with E-state index >= 15 is 0 Å². The first-order chi connectivity index (χ1) is 18.8. The van der Waals surface area contributed by atoms with E-state index in [1.807, 2.05) is 0 Å². The number of carbonyl (C=O) groups excluding carboxylic acids is 1. The summed E-state index contributed by atoms with van der Waals surface area (Å²) in [5, 5.41) is 5.60. The summed E-state index contributed by atoms with van der Waals surface area (Å²) in [7, 11) is -1.04. The number of benzene rings is 1. The van der Waals surface area contributed by atoms with Crippen molar-refractivity contribution in [2.75, 3.05) is 43.6 Å². The second-order valence-electron chi connectivity index (χ2n) is 8.62. The summed E-state index contributed by atoms with van der Waals surface area (Å²) >= 11 is 0. The van der Waals surface area contributed by atoms with Crippen molar-refractivity contribution in [3.63, 3.8) is 0 Å². The molecule has 4 rings (SSSR count). The maximum atomic E-state index is 14.7. The van der Waals surface area contributed by atoms with Crippen LogP contribution in [0.1, 0.15) is 13.8 Å². The average molecular weight is 667 g/mol. The summed E-state index contributed by atoms with van der Waals surface area (Å²) in [5.74, 6) is -0.806. The van der Waals surface area contributed by atoms with Crippen LogP contribution in [-0.2, 0) is 46.6 Å². The van der Waals surface area contributed by atoms with Gasteiger partial charge in [0.1, 0.15) is 12.5 Å². The molecule has 1 aliphatic rings. The molecule has 3 heterocycles. The number of hydrogen-bond acceptors (Lipinski definition) is 14. The van der Waals surface area contributed by atoms with Crippen LogP contribution in [0.25, 0.3) is 0 Å². The van der Waals surface area contributed by atoms with E-state index in [1.165, 1.54) is 47.3 Å². The van der Waals surface area contributed by atoms with Crippen LogP contribution in [0.3, 0.4) is 0 Å². The number of nitrogens with zero attached hydrogens (tertiary/aromatic N) is 4. The minimum atomic E-state index is -5.41. The molecule has 1 amide bonds. The Morgan fingerprint density at radius 2 is 1.73 bits per heavy atom. The van der Waals surface area contributed by atoms with E-state index in [2.05, 4.69) is 30.1 Å². The molecule has 1 radical (unpaired) electrons. The van der Waals surface area contributed by atoms with Gasteiger partial charge in [0.15, 0.2) is 40.3 Å². The number of fused-ring (bicyclic) bond motifs is 1. The van der Waals surface area contributed by atoms with Gasteiger partial charge in [0.2, 0.25) is 11.7 Å². The molecule has 0 unspecified atom stereocenters. The predicted molar refractivity (Wildman–Crippen MR) is 135 cm³/mol. The zero-order chi connectivity index (χ0) is 29.2. The molecule has 1 aromatic carbocycles. The van der Waals surface area contributed by atoms with Crippen molar-refractivity contribution in [2.45, 2.75) is 19.4 Å². The molecule has 0 spiro atoms. The quantitative estimate of drug-likeness (QED) is 0.298. The standard InChI is InChI=1S/C23H26FN6O9P.Y/c1-23(2)21(31)30(11-38-40(32,33)34)20-14(39-23)6-7-17(28-20)27-19-13(24)10-25-22(29-19)26-12-8-15(35-3)18(37-5)16(9-12)36-4;/h6-10H,11H2,1-5H3,(H2,32,33,34)(H2,25,26,27,28,29);/p-2. The largest absolute Gasteiger partial charge is 0.790 e. The second kappa shape index (κ2) is 12.8. The van der Waals surface area contributed by atoms with Gasteiger partial charge in [-0.2, -0.15) is 4.98 Å². The van der Waals surface area contributed by atoms with E-state index in [0.29, 0.717) is 22.9 Å². The van der Waals surface area contributed by atoms with Crippen LogP contribution in [-0.4, -0.2) is 54.5 Å². The van der Waals surface area contributed by atoms with Crippen molar-refractivity contribution < 1.29 is 79.7 Å². The van der Waals surface area contributed by atoms with Crippen LogP contribution in [0.5, 0.6) is 23.0 Å². The number of anilines is 5. The number of rotatable bonds is 10. The first-order valence-electron chi connectivity index (χ1n) is 11.4. The van der Waals surface area contributed by atoms with Crippen LogP contribution in [0.4, 0.5) is 33.5 Å². The molecule has 15 nitrogen and oxygen atoms in total. The summed E-state index contributed by atoms with van der Waals surface area (Å²) in [6.45, 7) is 1.97. The molecule has 217 valence electrons. The third-order valence-corrected chi connectivity index (χ3v) is 5.91. The number of aromatic nitrogens is 3. The van der Waals surface area contributed by atoms with Crippen LogP contribution in [0.15, 0.2) is 30.5 Å². The molecule has 0 aliphatic carbocycles. The fraction of sp³-hybridized carbons (Fsp3) is 0.304.